The summed E-state index contributed by atoms with van der Waals surface area (Å²) in [5, 5.41) is -0.341. The minimum atomic E-state index is -0.341. The van der Waals surface area contributed by atoms with E-state index in [1.54, 1.807) is 0 Å². The fourth-order valence-electron chi connectivity index (χ4n) is 1.37. The maximum absolute atomic E-state index is 10.7. The lowest BCUT2D eigenvalue weighted by molar-refractivity contribution is -0.111. The van der Waals surface area contributed by atoms with Crippen molar-refractivity contribution in [3.8, 4) is 5.75 Å². The van der Waals surface area contributed by atoms with E-state index in [-0.39, 0.29) is 17.8 Å². The lowest BCUT2D eigenvalue weighted by atomic mass is 10.1. The molecule has 0 aromatic heterocycles. The second kappa shape index (κ2) is 5.17. The van der Waals surface area contributed by atoms with Crippen molar-refractivity contribution in [3.05, 3.63) is 29.3 Å². The zero-order valence-corrected chi connectivity index (χ0v) is 9.97. The van der Waals surface area contributed by atoms with Crippen LogP contribution in [-0.2, 0) is 11.2 Å². The number of carbonyl (C=O) groups is 1. The van der Waals surface area contributed by atoms with Gasteiger partial charge in [0.05, 0.1) is 6.10 Å². The molecule has 1 rings (SSSR count). The molecule has 0 bridgehead atoms. The fourth-order valence-corrected chi connectivity index (χ4v) is 1.52. The standard InChI is InChI=1S/C12H15ClO2/c1-8(2)15-11-5-4-10(6-9(11)3)7-12(13)14/h4-6,8H,7H2,1-3H3. The Morgan fingerprint density at radius 3 is 2.60 bits per heavy atom. The van der Waals surface area contributed by atoms with Gasteiger partial charge in [0.25, 0.3) is 0 Å². The van der Waals surface area contributed by atoms with Gasteiger partial charge >= 0.3 is 0 Å². The van der Waals surface area contributed by atoms with Crippen LogP contribution in [0, 0.1) is 6.92 Å². The Labute approximate surface area is 95.2 Å². The van der Waals surface area contributed by atoms with Crippen molar-refractivity contribution in [1.82, 2.24) is 0 Å². The van der Waals surface area contributed by atoms with Gasteiger partial charge in [-0.25, -0.2) is 0 Å². The molecule has 0 saturated carbocycles. The van der Waals surface area contributed by atoms with Crippen LogP contribution >= 0.6 is 11.6 Å². The van der Waals surface area contributed by atoms with Crippen LogP contribution in [0.2, 0.25) is 0 Å². The normalized spacial score (nSPS) is 10.5. The third kappa shape index (κ3) is 3.92. The Balaban J connectivity index is 2.83. The van der Waals surface area contributed by atoms with Gasteiger partial charge in [-0.3, -0.25) is 4.79 Å². The maximum atomic E-state index is 10.7. The molecule has 0 N–H and O–H groups in total. The van der Waals surface area contributed by atoms with Crippen molar-refractivity contribution >= 4 is 16.8 Å². The molecular weight excluding hydrogens is 212 g/mol. The summed E-state index contributed by atoms with van der Waals surface area (Å²) in [6.07, 6.45) is 0.425. The Kier molecular flexibility index (Phi) is 4.15. The predicted molar refractivity (Wildman–Crippen MR) is 61.5 cm³/mol. The number of benzene rings is 1. The molecule has 2 nitrogen and oxygen atoms in total. The SMILES string of the molecule is Cc1cc(CC(=O)Cl)ccc1OC(C)C. The van der Waals surface area contributed by atoms with Crippen molar-refractivity contribution in [1.29, 1.82) is 0 Å². The van der Waals surface area contributed by atoms with E-state index in [4.69, 9.17) is 16.3 Å². The molecule has 0 amide bonds. The van der Waals surface area contributed by atoms with Gasteiger partial charge < -0.3 is 4.74 Å². The van der Waals surface area contributed by atoms with Crippen molar-refractivity contribution in [3.63, 3.8) is 0 Å². The molecule has 1 aromatic rings. The van der Waals surface area contributed by atoms with Crippen LogP contribution in [-0.4, -0.2) is 11.3 Å². The van der Waals surface area contributed by atoms with E-state index in [0.29, 0.717) is 0 Å². The van der Waals surface area contributed by atoms with Gasteiger partial charge in [-0.05, 0) is 49.6 Å². The predicted octanol–water partition coefficient (Wildman–Crippen LogP) is 3.09. The molecule has 0 aliphatic heterocycles. The Bertz CT molecular complexity index is 359. The fraction of sp³-hybridized carbons (Fsp3) is 0.417. The summed E-state index contributed by atoms with van der Waals surface area (Å²) < 4.78 is 5.59. The van der Waals surface area contributed by atoms with Crippen molar-refractivity contribution < 1.29 is 9.53 Å². The highest BCUT2D eigenvalue weighted by molar-refractivity contribution is 6.63. The number of hydrogen-bond acceptors (Lipinski definition) is 2. The molecule has 0 unspecified atom stereocenters. The van der Waals surface area contributed by atoms with E-state index < -0.39 is 0 Å². The quantitative estimate of drug-likeness (QED) is 0.738. The number of aryl methyl sites for hydroxylation is 1. The van der Waals surface area contributed by atoms with Crippen molar-refractivity contribution in [2.45, 2.75) is 33.3 Å². The lowest BCUT2D eigenvalue weighted by Gasteiger charge is -2.12. The van der Waals surface area contributed by atoms with Gasteiger partial charge in [-0.1, -0.05) is 12.1 Å². The van der Waals surface area contributed by atoms with E-state index in [9.17, 15) is 4.79 Å². The topological polar surface area (TPSA) is 26.3 Å². The summed E-state index contributed by atoms with van der Waals surface area (Å²) in [6, 6.07) is 5.67. The summed E-state index contributed by atoms with van der Waals surface area (Å²) >= 11 is 5.32. The third-order valence-corrected chi connectivity index (χ3v) is 2.08. The molecule has 0 radical (unpaired) electrons. The van der Waals surface area contributed by atoms with Crippen LogP contribution in [0.15, 0.2) is 18.2 Å². The highest BCUT2D eigenvalue weighted by Gasteiger charge is 2.05. The average Bonchev–Trinajstić information content (AvgIpc) is 2.08. The first kappa shape index (κ1) is 12.1. The number of rotatable bonds is 4. The first-order chi connectivity index (χ1) is 6.99. The van der Waals surface area contributed by atoms with Crippen molar-refractivity contribution in [2.24, 2.45) is 0 Å². The van der Waals surface area contributed by atoms with E-state index in [1.165, 1.54) is 0 Å². The van der Waals surface area contributed by atoms with E-state index in [0.717, 1.165) is 16.9 Å². The number of carbonyl (C=O) groups excluding carboxylic acids is 1. The van der Waals surface area contributed by atoms with Gasteiger partial charge in [-0.15, -0.1) is 0 Å². The van der Waals surface area contributed by atoms with Gasteiger partial charge in [0.15, 0.2) is 0 Å². The smallest absolute Gasteiger partial charge is 0.226 e. The maximum Gasteiger partial charge on any atom is 0.226 e. The number of halogens is 1. The van der Waals surface area contributed by atoms with E-state index in [1.807, 2.05) is 39.0 Å². The second-order valence-electron chi connectivity index (χ2n) is 3.80. The second-order valence-corrected chi connectivity index (χ2v) is 4.22. The largest absolute Gasteiger partial charge is 0.491 e. The van der Waals surface area contributed by atoms with E-state index >= 15 is 0 Å². The van der Waals surface area contributed by atoms with Crippen LogP contribution in [0.5, 0.6) is 5.75 Å². The Morgan fingerprint density at radius 1 is 1.47 bits per heavy atom. The summed E-state index contributed by atoms with van der Waals surface area (Å²) in [6.45, 7) is 5.92. The van der Waals surface area contributed by atoms with Crippen molar-refractivity contribution in [2.75, 3.05) is 0 Å². The van der Waals surface area contributed by atoms with Crippen LogP contribution in [0.1, 0.15) is 25.0 Å². The minimum Gasteiger partial charge on any atom is -0.491 e. The molecule has 15 heavy (non-hydrogen) atoms. The van der Waals surface area contributed by atoms with Crippen LogP contribution < -0.4 is 4.74 Å². The molecule has 0 saturated heterocycles. The number of ether oxygens (including phenoxy) is 1. The Morgan fingerprint density at radius 2 is 2.13 bits per heavy atom. The first-order valence-corrected chi connectivity index (χ1v) is 5.31. The minimum absolute atomic E-state index is 0.157. The molecule has 0 spiro atoms. The monoisotopic (exact) mass is 226 g/mol. The Hall–Kier alpha value is -1.02. The molecular formula is C12H15ClO2. The summed E-state index contributed by atoms with van der Waals surface area (Å²) in [7, 11) is 0. The molecule has 0 aliphatic carbocycles. The van der Waals surface area contributed by atoms with Crippen LogP contribution in [0.4, 0.5) is 0 Å². The highest BCUT2D eigenvalue weighted by Crippen LogP contribution is 2.20. The molecule has 3 heteroatoms. The third-order valence-electron chi connectivity index (χ3n) is 1.95. The zero-order chi connectivity index (χ0) is 11.4. The van der Waals surface area contributed by atoms with Crippen LogP contribution in [0.25, 0.3) is 0 Å². The summed E-state index contributed by atoms with van der Waals surface area (Å²) in [5.74, 6) is 0.857. The van der Waals surface area contributed by atoms with Gasteiger partial charge in [0.2, 0.25) is 5.24 Å². The lowest BCUT2D eigenvalue weighted by Crippen LogP contribution is -2.07. The molecule has 0 heterocycles. The first-order valence-electron chi connectivity index (χ1n) is 4.93. The molecule has 82 valence electrons. The molecule has 0 fully saturated rings. The summed E-state index contributed by atoms with van der Waals surface area (Å²) in [5.41, 5.74) is 1.95. The average molecular weight is 227 g/mol. The van der Waals surface area contributed by atoms with Gasteiger partial charge in [-0.2, -0.15) is 0 Å². The number of hydrogen-bond donors (Lipinski definition) is 0. The zero-order valence-electron chi connectivity index (χ0n) is 9.21. The highest BCUT2D eigenvalue weighted by atomic mass is 35.5. The van der Waals surface area contributed by atoms with E-state index in [2.05, 4.69) is 0 Å². The van der Waals surface area contributed by atoms with Crippen LogP contribution in [0.3, 0.4) is 0 Å². The summed E-state index contributed by atoms with van der Waals surface area (Å²) in [4.78, 5) is 10.7. The van der Waals surface area contributed by atoms with Gasteiger partial charge in [0, 0.05) is 6.42 Å². The molecule has 1 aromatic carbocycles. The molecule has 0 atom stereocenters. The molecule has 0 aliphatic rings. The van der Waals surface area contributed by atoms with Gasteiger partial charge in [0.1, 0.15) is 5.75 Å².